The molecule has 7 heteroatoms. The zero-order valence-corrected chi connectivity index (χ0v) is 13.0. The van der Waals surface area contributed by atoms with Crippen LogP contribution >= 0.6 is 0 Å². The van der Waals surface area contributed by atoms with Crippen LogP contribution in [0.3, 0.4) is 0 Å². The highest BCUT2D eigenvalue weighted by Gasteiger charge is 2.32. The average Bonchev–Trinajstić information content (AvgIpc) is 2.43. The van der Waals surface area contributed by atoms with Gasteiger partial charge in [0.25, 0.3) is 0 Å². The smallest absolute Gasteiger partial charge is 0.394 e. The van der Waals surface area contributed by atoms with Gasteiger partial charge in [-0.2, -0.15) is 13.2 Å². The van der Waals surface area contributed by atoms with E-state index in [4.69, 9.17) is 0 Å². The maximum absolute atomic E-state index is 12.3. The number of alkyl halides is 3. The van der Waals surface area contributed by atoms with Crippen LogP contribution < -0.4 is 5.32 Å². The summed E-state index contributed by atoms with van der Waals surface area (Å²) in [7, 11) is 0. The molecule has 1 aliphatic rings. The standard InChI is InChI=1S/C14H28F3N3O/c1-3-5-18-13(2,12-21)4-6-19-7-9-20(10-8-19)11-14(15,16)17/h18,21H,3-12H2,1-2H3. The van der Waals surface area contributed by atoms with E-state index in [0.717, 1.165) is 25.9 Å². The lowest BCUT2D eigenvalue weighted by Crippen LogP contribution is -2.52. The van der Waals surface area contributed by atoms with Gasteiger partial charge >= 0.3 is 6.18 Å². The lowest BCUT2D eigenvalue weighted by atomic mass is 9.98. The fourth-order valence-corrected chi connectivity index (χ4v) is 2.48. The molecule has 0 aliphatic carbocycles. The molecule has 4 nitrogen and oxygen atoms in total. The number of halogens is 3. The van der Waals surface area contributed by atoms with E-state index in [2.05, 4.69) is 17.1 Å². The lowest BCUT2D eigenvalue weighted by Gasteiger charge is -2.37. The topological polar surface area (TPSA) is 38.7 Å². The number of rotatable bonds is 8. The molecule has 1 rings (SSSR count). The van der Waals surface area contributed by atoms with E-state index in [1.165, 1.54) is 4.90 Å². The van der Waals surface area contributed by atoms with Crippen molar-refractivity contribution in [1.82, 2.24) is 15.1 Å². The Morgan fingerprint density at radius 1 is 1.10 bits per heavy atom. The van der Waals surface area contributed by atoms with Gasteiger partial charge in [-0.05, 0) is 26.3 Å². The second-order valence-corrected chi connectivity index (χ2v) is 6.13. The van der Waals surface area contributed by atoms with Crippen molar-refractivity contribution >= 4 is 0 Å². The zero-order chi connectivity index (χ0) is 15.9. The SMILES string of the molecule is CCCNC(C)(CO)CCN1CCN(CC(F)(F)F)CC1. The highest BCUT2D eigenvalue weighted by molar-refractivity contribution is 4.84. The highest BCUT2D eigenvalue weighted by Crippen LogP contribution is 2.18. The molecule has 0 aromatic carbocycles. The van der Waals surface area contributed by atoms with Crippen LogP contribution in [0.2, 0.25) is 0 Å². The van der Waals surface area contributed by atoms with E-state index < -0.39 is 12.7 Å². The molecule has 0 spiro atoms. The van der Waals surface area contributed by atoms with Crippen LogP contribution in [-0.4, -0.2) is 79.0 Å². The van der Waals surface area contributed by atoms with Crippen LogP contribution in [0.25, 0.3) is 0 Å². The van der Waals surface area contributed by atoms with Crippen molar-refractivity contribution in [2.75, 3.05) is 52.4 Å². The third-order valence-electron chi connectivity index (χ3n) is 4.00. The largest absolute Gasteiger partial charge is 0.401 e. The number of piperazine rings is 1. The lowest BCUT2D eigenvalue weighted by molar-refractivity contribution is -0.149. The van der Waals surface area contributed by atoms with E-state index in [1.54, 1.807) is 0 Å². The summed E-state index contributed by atoms with van der Waals surface area (Å²) in [6, 6.07) is 0. The van der Waals surface area contributed by atoms with E-state index in [-0.39, 0.29) is 12.1 Å². The van der Waals surface area contributed by atoms with Gasteiger partial charge in [-0.15, -0.1) is 0 Å². The van der Waals surface area contributed by atoms with Crippen LogP contribution in [-0.2, 0) is 0 Å². The summed E-state index contributed by atoms with van der Waals surface area (Å²) in [5, 5.41) is 12.8. The molecule has 0 radical (unpaired) electrons. The zero-order valence-electron chi connectivity index (χ0n) is 13.0. The molecule has 1 heterocycles. The van der Waals surface area contributed by atoms with Crippen molar-refractivity contribution in [2.24, 2.45) is 0 Å². The molecule has 0 aromatic heterocycles. The quantitative estimate of drug-likeness (QED) is 0.709. The van der Waals surface area contributed by atoms with Crippen molar-refractivity contribution in [2.45, 2.75) is 38.4 Å². The third kappa shape index (κ3) is 7.44. The first kappa shape index (κ1) is 18.7. The molecule has 0 bridgehead atoms. The van der Waals surface area contributed by atoms with Crippen LogP contribution in [0.1, 0.15) is 26.7 Å². The summed E-state index contributed by atoms with van der Waals surface area (Å²) in [6.07, 6.45) is -2.31. The van der Waals surface area contributed by atoms with Gasteiger partial charge in [0.05, 0.1) is 13.2 Å². The van der Waals surface area contributed by atoms with Crippen molar-refractivity contribution in [3.8, 4) is 0 Å². The van der Waals surface area contributed by atoms with E-state index >= 15 is 0 Å². The second kappa shape index (κ2) is 8.31. The maximum Gasteiger partial charge on any atom is 0.401 e. The van der Waals surface area contributed by atoms with Gasteiger partial charge in [-0.1, -0.05) is 6.92 Å². The van der Waals surface area contributed by atoms with Crippen molar-refractivity contribution in [1.29, 1.82) is 0 Å². The maximum atomic E-state index is 12.3. The van der Waals surface area contributed by atoms with Crippen molar-refractivity contribution in [3.05, 3.63) is 0 Å². The molecule has 0 amide bonds. The predicted octanol–water partition coefficient (Wildman–Crippen LogP) is 1.31. The van der Waals surface area contributed by atoms with Crippen LogP contribution in [0, 0.1) is 0 Å². The number of aliphatic hydroxyl groups excluding tert-OH is 1. The van der Waals surface area contributed by atoms with E-state index in [0.29, 0.717) is 26.2 Å². The van der Waals surface area contributed by atoms with E-state index in [9.17, 15) is 18.3 Å². The highest BCUT2D eigenvalue weighted by atomic mass is 19.4. The Morgan fingerprint density at radius 3 is 2.14 bits per heavy atom. The van der Waals surface area contributed by atoms with Crippen molar-refractivity contribution < 1.29 is 18.3 Å². The molecular weight excluding hydrogens is 283 g/mol. The molecular formula is C14H28F3N3O. The predicted molar refractivity (Wildman–Crippen MR) is 77.3 cm³/mol. The Hall–Kier alpha value is -0.370. The minimum Gasteiger partial charge on any atom is -0.394 e. The summed E-state index contributed by atoms with van der Waals surface area (Å²) < 4.78 is 36.9. The summed E-state index contributed by atoms with van der Waals surface area (Å²) in [5.74, 6) is 0. The third-order valence-corrected chi connectivity index (χ3v) is 4.00. The summed E-state index contributed by atoms with van der Waals surface area (Å²) >= 11 is 0. The van der Waals surface area contributed by atoms with Crippen LogP contribution in [0.15, 0.2) is 0 Å². The number of aliphatic hydroxyl groups is 1. The Labute approximate surface area is 125 Å². The molecule has 1 fully saturated rings. The molecule has 126 valence electrons. The molecule has 1 unspecified atom stereocenters. The molecule has 1 aliphatic heterocycles. The Kier molecular flexibility index (Phi) is 7.39. The van der Waals surface area contributed by atoms with Gasteiger partial charge in [-0.3, -0.25) is 4.90 Å². The molecule has 0 aromatic rings. The fourth-order valence-electron chi connectivity index (χ4n) is 2.48. The fraction of sp³-hybridized carbons (Fsp3) is 1.00. The number of hydrogen-bond donors (Lipinski definition) is 2. The number of nitrogens with zero attached hydrogens (tertiary/aromatic N) is 2. The first-order valence-electron chi connectivity index (χ1n) is 7.65. The van der Waals surface area contributed by atoms with Crippen molar-refractivity contribution in [3.63, 3.8) is 0 Å². The van der Waals surface area contributed by atoms with Crippen LogP contribution in [0.4, 0.5) is 13.2 Å². The minimum absolute atomic E-state index is 0.0705. The summed E-state index contributed by atoms with van der Waals surface area (Å²) in [5.41, 5.74) is -0.306. The number of hydrogen-bond acceptors (Lipinski definition) is 4. The minimum atomic E-state index is -4.11. The summed E-state index contributed by atoms with van der Waals surface area (Å²) in [4.78, 5) is 3.63. The van der Waals surface area contributed by atoms with Gasteiger partial charge in [0.2, 0.25) is 0 Å². The van der Waals surface area contributed by atoms with Gasteiger partial charge in [-0.25, -0.2) is 0 Å². The van der Waals surface area contributed by atoms with E-state index in [1.807, 2.05) is 6.92 Å². The first-order chi connectivity index (χ1) is 9.78. The Bertz CT molecular complexity index is 294. The van der Waals surface area contributed by atoms with Crippen LogP contribution in [0.5, 0.6) is 0 Å². The average molecular weight is 311 g/mol. The van der Waals surface area contributed by atoms with Gasteiger partial charge < -0.3 is 15.3 Å². The Morgan fingerprint density at radius 2 is 1.67 bits per heavy atom. The molecule has 1 atom stereocenters. The monoisotopic (exact) mass is 311 g/mol. The molecule has 0 saturated carbocycles. The van der Waals surface area contributed by atoms with Gasteiger partial charge in [0, 0.05) is 38.3 Å². The molecule has 1 saturated heterocycles. The molecule has 21 heavy (non-hydrogen) atoms. The number of nitrogens with one attached hydrogen (secondary N) is 1. The Balaban J connectivity index is 2.29. The van der Waals surface area contributed by atoms with Gasteiger partial charge in [0.1, 0.15) is 0 Å². The van der Waals surface area contributed by atoms with Gasteiger partial charge in [0.15, 0.2) is 0 Å². The normalized spacial score (nSPS) is 21.4. The first-order valence-corrected chi connectivity index (χ1v) is 7.65. The molecule has 2 N–H and O–H groups in total. The summed E-state index contributed by atoms with van der Waals surface area (Å²) in [6.45, 7) is 7.21. The second-order valence-electron chi connectivity index (χ2n) is 6.13.